The van der Waals surface area contributed by atoms with Gasteiger partial charge in [-0.2, -0.15) is 0 Å². The molecule has 0 fully saturated rings. The number of carboxylic acid groups (broad SMARTS) is 1. The lowest BCUT2D eigenvalue weighted by molar-refractivity contribution is -0.136. The lowest BCUT2D eigenvalue weighted by Gasteiger charge is -1.99. The predicted molar refractivity (Wildman–Crippen MR) is 67.6 cm³/mol. The van der Waals surface area contributed by atoms with Gasteiger partial charge in [-0.3, -0.25) is 0 Å². The van der Waals surface area contributed by atoms with Crippen LogP contribution in [0.15, 0.2) is 49.1 Å². The summed E-state index contributed by atoms with van der Waals surface area (Å²) in [6.07, 6.45) is 4.90. The van der Waals surface area contributed by atoms with Gasteiger partial charge in [-0.25, -0.2) is 9.59 Å². The van der Waals surface area contributed by atoms with E-state index < -0.39 is 11.9 Å². The standard InChI is InChI=1S/C9H12O4.C4H6/c1-6(8(10)11)4-5-7(2)9(12)13-3;1-3-4-2/h4H,2,5H2,1,3H3,(H,10,11);3-4H,1-2H2. The monoisotopic (exact) mass is 238 g/mol. The molecule has 0 saturated heterocycles. The summed E-state index contributed by atoms with van der Waals surface area (Å²) in [5.74, 6) is -1.52. The molecule has 0 radical (unpaired) electrons. The van der Waals surface area contributed by atoms with E-state index in [0.717, 1.165) is 0 Å². The van der Waals surface area contributed by atoms with Gasteiger partial charge in [0.2, 0.25) is 0 Å². The fraction of sp³-hybridized carbons (Fsp3) is 0.231. The summed E-state index contributed by atoms with van der Waals surface area (Å²) in [7, 11) is 1.25. The summed E-state index contributed by atoms with van der Waals surface area (Å²) in [5, 5.41) is 8.48. The second-order valence-electron chi connectivity index (χ2n) is 2.96. The molecule has 0 spiro atoms. The highest BCUT2D eigenvalue weighted by molar-refractivity contribution is 5.89. The van der Waals surface area contributed by atoms with Crippen molar-refractivity contribution in [2.24, 2.45) is 0 Å². The Kier molecular flexibility index (Phi) is 10.6. The zero-order valence-corrected chi connectivity index (χ0v) is 10.2. The molecule has 0 heterocycles. The second kappa shape index (κ2) is 10.4. The van der Waals surface area contributed by atoms with Crippen LogP contribution in [-0.4, -0.2) is 24.2 Å². The summed E-state index contributed by atoms with van der Waals surface area (Å²) in [5.41, 5.74) is 0.424. The molecule has 0 amide bonds. The normalized spacial score (nSPS) is 9.41. The van der Waals surface area contributed by atoms with Gasteiger partial charge in [-0.1, -0.05) is 38.0 Å². The number of aliphatic carboxylic acids is 1. The number of hydrogen-bond donors (Lipinski definition) is 1. The van der Waals surface area contributed by atoms with E-state index in [0.29, 0.717) is 0 Å². The zero-order chi connectivity index (χ0) is 13.8. The molecule has 0 saturated carbocycles. The second-order valence-corrected chi connectivity index (χ2v) is 2.96. The van der Waals surface area contributed by atoms with Crippen molar-refractivity contribution in [1.29, 1.82) is 0 Å². The molecule has 0 aliphatic carbocycles. The predicted octanol–water partition coefficient (Wildman–Crippen LogP) is 2.50. The molecule has 0 aliphatic rings. The van der Waals surface area contributed by atoms with Crippen LogP contribution >= 0.6 is 0 Å². The first-order chi connectivity index (χ1) is 7.90. The summed E-state index contributed by atoms with van der Waals surface area (Å²) < 4.78 is 4.39. The first-order valence-electron chi connectivity index (χ1n) is 4.80. The van der Waals surface area contributed by atoms with Crippen molar-refractivity contribution in [3.63, 3.8) is 0 Å². The van der Waals surface area contributed by atoms with Crippen molar-refractivity contribution in [3.05, 3.63) is 49.1 Å². The molecular formula is C13H18O4. The van der Waals surface area contributed by atoms with Crippen LogP contribution in [0.5, 0.6) is 0 Å². The Labute approximate surface area is 102 Å². The van der Waals surface area contributed by atoms with E-state index in [1.54, 1.807) is 12.2 Å². The summed E-state index contributed by atoms with van der Waals surface area (Å²) in [6, 6.07) is 0. The molecule has 0 aromatic heterocycles. The van der Waals surface area contributed by atoms with Gasteiger partial charge >= 0.3 is 11.9 Å². The van der Waals surface area contributed by atoms with Gasteiger partial charge in [0.15, 0.2) is 0 Å². The molecule has 17 heavy (non-hydrogen) atoms. The van der Waals surface area contributed by atoms with E-state index in [1.807, 2.05) is 0 Å². The van der Waals surface area contributed by atoms with Crippen LogP contribution in [0.25, 0.3) is 0 Å². The van der Waals surface area contributed by atoms with Crippen LogP contribution in [0.2, 0.25) is 0 Å². The Hall–Kier alpha value is -2.10. The van der Waals surface area contributed by atoms with Crippen molar-refractivity contribution < 1.29 is 19.4 Å². The highest BCUT2D eigenvalue weighted by atomic mass is 16.5. The smallest absolute Gasteiger partial charge is 0.333 e. The Morgan fingerprint density at radius 1 is 1.29 bits per heavy atom. The minimum absolute atomic E-state index is 0.185. The van der Waals surface area contributed by atoms with Crippen LogP contribution in [0, 0.1) is 0 Å². The number of carbonyl (C=O) groups excluding carboxylic acids is 1. The first kappa shape index (κ1) is 17.3. The maximum Gasteiger partial charge on any atom is 0.333 e. The van der Waals surface area contributed by atoms with E-state index in [9.17, 15) is 9.59 Å². The molecule has 0 unspecified atom stereocenters. The van der Waals surface area contributed by atoms with Gasteiger partial charge in [-0.05, 0) is 13.3 Å². The van der Waals surface area contributed by atoms with Crippen LogP contribution in [0.4, 0.5) is 0 Å². The maximum absolute atomic E-state index is 10.8. The largest absolute Gasteiger partial charge is 0.478 e. The molecule has 4 heteroatoms. The lowest BCUT2D eigenvalue weighted by Crippen LogP contribution is -2.03. The van der Waals surface area contributed by atoms with Gasteiger partial charge in [0, 0.05) is 11.1 Å². The van der Waals surface area contributed by atoms with E-state index in [-0.39, 0.29) is 17.6 Å². The number of ether oxygens (including phenoxy) is 1. The number of allylic oxidation sites excluding steroid dienone is 3. The van der Waals surface area contributed by atoms with Crippen molar-refractivity contribution in [2.75, 3.05) is 7.11 Å². The molecule has 0 bridgehead atoms. The van der Waals surface area contributed by atoms with Crippen LogP contribution in [0.1, 0.15) is 13.3 Å². The fourth-order valence-electron chi connectivity index (χ4n) is 0.591. The van der Waals surface area contributed by atoms with Gasteiger partial charge < -0.3 is 9.84 Å². The Morgan fingerprint density at radius 2 is 1.76 bits per heavy atom. The van der Waals surface area contributed by atoms with Crippen LogP contribution < -0.4 is 0 Å². The quantitative estimate of drug-likeness (QED) is 0.454. The topological polar surface area (TPSA) is 63.6 Å². The summed E-state index contributed by atoms with van der Waals surface area (Å²) >= 11 is 0. The maximum atomic E-state index is 10.8. The number of hydrogen-bond acceptors (Lipinski definition) is 3. The van der Waals surface area contributed by atoms with E-state index in [1.165, 1.54) is 20.1 Å². The molecule has 0 aromatic carbocycles. The number of esters is 1. The zero-order valence-electron chi connectivity index (χ0n) is 10.2. The van der Waals surface area contributed by atoms with Gasteiger partial charge in [-0.15, -0.1) is 0 Å². The minimum atomic E-state index is -1.00. The third-order valence-electron chi connectivity index (χ3n) is 1.63. The molecular weight excluding hydrogens is 220 g/mol. The number of carbonyl (C=O) groups is 2. The average molecular weight is 238 g/mol. The van der Waals surface area contributed by atoms with Crippen molar-refractivity contribution in [1.82, 2.24) is 0 Å². The third-order valence-corrected chi connectivity index (χ3v) is 1.63. The van der Waals surface area contributed by atoms with E-state index in [2.05, 4.69) is 24.5 Å². The van der Waals surface area contributed by atoms with Gasteiger partial charge in [0.1, 0.15) is 0 Å². The van der Waals surface area contributed by atoms with E-state index >= 15 is 0 Å². The number of rotatable bonds is 5. The average Bonchev–Trinajstić information content (AvgIpc) is 2.34. The highest BCUT2D eigenvalue weighted by Crippen LogP contribution is 2.04. The number of methoxy groups -OCH3 is 1. The minimum Gasteiger partial charge on any atom is -0.478 e. The van der Waals surface area contributed by atoms with Crippen LogP contribution in [-0.2, 0) is 14.3 Å². The third kappa shape index (κ3) is 10.2. The SMILES string of the molecule is C=C(CC=C(C)C(=O)O)C(=O)OC.C=CC=C. The van der Waals surface area contributed by atoms with Crippen molar-refractivity contribution >= 4 is 11.9 Å². The molecule has 4 nitrogen and oxygen atoms in total. The molecule has 0 aromatic rings. The Bertz CT molecular complexity index is 331. The van der Waals surface area contributed by atoms with Gasteiger partial charge in [0.25, 0.3) is 0 Å². The molecule has 94 valence electrons. The summed E-state index contributed by atoms with van der Waals surface area (Å²) in [4.78, 5) is 21.1. The first-order valence-corrected chi connectivity index (χ1v) is 4.80. The molecule has 1 N–H and O–H groups in total. The van der Waals surface area contributed by atoms with E-state index in [4.69, 9.17) is 5.11 Å². The molecule has 0 atom stereocenters. The van der Waals surface area contributed by atoms with Crippen molar-refractivity contribution in [3.8, 4) is 0 Å². The lowest BCUT2D eigenvalue weighted by atomic mass is 10.1. The van der Waals surface area contributed by atoms with Crippen LogP contribution in [0.3, 0.4) is 0 Å². The molecule has 0 rings (SSSR count). The molecule has 0 aliphatic heterocycles. The van der Waals surface area contributed by atoms with Crippen molar-refractivity contribution in [2.45, 2.75) is 13.3 Å². The van der Waals surface area contributed by atoms with Gasteiger partial charge in [0.05, 0.1) is 7.11 Å². The highest BCUT2D eigenvalue weighted by Gasteiger charge is 2.05. The summed E-state index contributed by atoms with van der Waals surface area (Å²) in [6.45, 7) is 11.6. The number of carboxylic acids is 1. The Morgan fingerprint density at radius 3 is 2.06 bits per heavy atom. The fourth-order valence-corrected chi connectivity index (χ4v) is 0.591. The Balaban J connectivity index is 0.